The predicted molar refractivity (Wildman–Crippen MR) is 70.1 cm³/mol. The molecule has 0 aromatic carbocycles. The summed E-state index contributed by atoms with van der Waals surface area (Å²) >= 11 is 0. The second kappa shape index (κ2) is 4.91. The quantitative estimate of drug-likeness (QED) is 0.851. The summed E-state index contributed by atoms with van der Waals surface area (Å²) in [6.07, 6.45) is 6.51. The minimum absolute atomic E-state index is 0.0394. The molecule has 2 aliphatic carbocycles. The molecule has 4 atom stereocenters. The lowest BCUT2D eigenvalue weighted by Gasteiger charge is -2.28. The van der Waals surface area contributed by atoms with Crippen LogP contribution in [0.1, 0.15) is 43.0 Å². The number of aromatic nitrogens is 1. The Kier molecular flexibility index (Phi) is 3.25. The highest BCUT2D eigenvalue weighted by atomic mass is 19.1. The van der Waals surface area contributed by atoms with Gasteiger partial charge in [0.15, 0.2) is 0 Å². The van der Waals surface area contributed by atoms with Gasteiger partial charge in [-0.2, -0.15) is 4.39 Å². The average molecular weight is 262 g/mol. The van der Waals surface area contributed by atoms with Crippen molar-refractivity contribution < 1.29 is 9.18 Å². The van der Waals surface area contributed by atoms with Crippen molar-refractivity contribution in [3.05, 3.63) is 29.8 Å². The van der Waals surface area contributed by atoms with Gasteiger partial charge in [0, 0.05) is 12.2 Å². The van der Waals surface area contributed by atoms with E-state index in [9.17, 15) is 9.18 Å². The highest BCUT2D eigenvalue weighted by molar-refractivity contribution is 5.94. The van der Waals surface area contributed by atoms with E-state index in [4.69, 9.17) is 0 Å². The van der Waals surface area contributed by atoms with Crippen LogP contribution in [-0.2, 0) is 0 Å². The molecule has 19 heavy (non-hydrogen) atoms. The Morgan fingerprint density at radius 3 is 2.95 bits per heavy atom. The third-order valence-electron chi connectivity index (χ3n) is 4.80. The first-order valence-corrected chi connectivity index (χ1v) is 7.06. The fraction of sp³-hybridized carbons (Fsp3) is 0.600. The Morgan fingerprint density at radius 1 is 1.47 bits per heavy atom. The summed E-state index contributed by atoms with van der Waals surface area (Å²) < 4.78 is 13.4. The van der Waals surface area contributed by atoms with Gasteiger partial charge in [-0.3, -0.25) is 4.79 Å². The fourth-order valence-corrected chi connectivity index (χ4v) is 3.85. The summed E-state index contributed by atoms with van der Waals surface area (Å²) in [4.78, 5) is 15.6. The van der Waals surface area contributed by atoms with Crippen LogP contribution in [0.5, 0.6) is 0 Å². The second-order valence-corrected chi connectivity index (χ2v) is 5.94. The summed E-state index contributed by atoms with van der Waals surface area (Å²) in [5, 5.41) is 2.94. The molecule has 2 bridgehead atoms. The molecule has 0 saturated heterocycles. The van der Waals surface area contributed by atoms with Crippen LogP contribution in [-0.4, -0.2) is 16.9 Å². The average Bonchev–Trinajstić information content (AvgIpc) is 3.01. The fourth-order valence-electron chi connectivity index (χ4n) is 3.85. The highest BCUT2D eigenvalue weighted by Crippen LogP contribution is 2.49. The van der Waals surface area contributed by atoms with Crippen molar-refractivity contribution in [3.8, 4) is 0 Å². The van der Waals surface area contributed by atoms with E-state index in [2.05, 4.69) is 10.3 Å². The van der Waals surface area contributed by atoms with E-state index in [0.717, 1.165) is 11.8 Å². The number of carbonyl (C=O) groups excluding carboxylic acids is 1. The molecular weight excluding hydrogens is 243 g/mol. The van der Waals surface area contributed by atoms with E-state index in [1.165, 1.54) is 37.9 Å². The van der Waals surface area contributed by atoms with Gasteiger partial charge in [-0.15, -0.1) is 0 Å². The van der Waals surface area contributed by atoms with Gasteiger partial charge in [0.2, 0.25) is 5.95 Å². The topological polar surface area (TPSA) is 42.0 Å². The molecule has 3 rings (SSSR count). The zero-order chi connectivity index (χ0) is 13.4. The number of hydrogen-bond donors (Lipinski definition) is 1. The van der Waals surface area contributed by atoms with Crippen LogP contribution in [0.25, 0.3) is 0 Å². The Morgan fingerprint density at radius 2 is 2.32 bits per heavy atom. The smallest absolute Gasteiger partial charge is 0.256 e. The molecule has 1 amide bonds. The molecule has 3 nitrogen and oxygen atoms in total. The molecule has 2 fully saturated rings. The summed E-state index contributed by atoms with van der Waals surface area (Å²) in [5.41, 5.74) is 0.0394. The van der Waals surface area contributed by atoms with E-state index >= 15 is 0 Å². The van der Waals surface area contributed by atoms with Gasteiger partial charge < -0.3 is 5.32 Å². The molecule has 2 aliphatic rings. The Balaban J connectivity index is 1.65. The Bertz CT molecular complexity index is 491. The number of amides is 1. The van der Waals surface area contributed by atoms with Crippen LogP contribution >= 0.6 is 0 Å². The third kappa shape index (κ3) is 2.36. The van der Waals surface area contributed by atoms with Crippen molar-refractivity contribution in [3.63, 3.8) is 0 Å². The number of nitrogens with zero attached hydrogens (tertiary/aromatic N) is 1. The monoisotopic (exact) mass is 262 g/mol. The lowest BCUT2D eigenvalue weighted by molar-refractivity contribution is 0.0910. The number of hydrogen-bond acceptors (Lipinski definition) is 2. The Hall–Kier alpha value is -1.45. The van der Waals surface area contributed by atoms with E-state index in [-0.39, 0.29) is 17.5 Å². The van der Waals surface area contributed by atoms with E-state index < -0.39 is 5.95 Å². The number of carbonyl (C=O) groups is 1. The maximum atomic E-state index is 13.4. The zero-order valence-electron chi connectivity index (χ0n) is 11.1. The summed E-state index contributed by atoms with van der Waals surface area (Å²) in [6, 6.07) is 3.17. The summed E-state index contributed by atoms with van der Waals surface area (Å²) in [6.45, 7) is 2.04. The van der Waals surface area contributed by atoms with Crippen LogP contribution in [0.2, 0.25) is 0 Å². The van der Waals surface area contributed by atoms with Gasteiger partial charge in [-0.25, -0.2) is 4.98 Å². The normalized spacial score (nSPS) is 30.3. The van der Waals surface area contributed by atoms with E-state index in [1.54, 1.807) is 6.07 Å². The predicted octanol–water partition coefficient (Wildman–Crippen LogP) is 2.78. The van der Waals surface area contributed by atoms with Crippen molar-refractivity contribution >= 4 is 5.91 Å². The zero-order valence-corrected chi connectivity index (χ0v) is 11.1. The molecule has 1 N–H and O–H groups in total. The van der Waals surface area contributed by atoms with E-state index in [1.807, 2.05) is 6.92 Å². The molecule has 0 aliphatic heterocycles. The Labute approximate surface area is 112 Å². The van der Waals surface area contributed by atoms with Gasteiger partial charge in [0.1, 0.15) is 0 Å². The van der Waals surface area contributed by atoms with Crippen molar-refractivity contribution in [1.29, 1.82) is 0 Å². The first-order chi connectivity index (χ1) is 9.15. The van der Waals surface area contributed by atoms with Crippen LogP contribution < -0.4 is 5.32 Å². The molecule has 0 spiro atoms. The maximum Gasteiger partial charge on any atom is 0.256 e. The standard InChI is InChI=1S/C15H19FN2O/c1-9(13-8-10-4-5-11(13)7-10)18-15(19)12-3-2-6-17-14(12)16/h2-3,6,9-11,13H,4-5,7-8H2,1H3,(H,18,19). The largest absolute Gasteiger partial charge is 0.349 e. The molecule has 1 aromatic rings. The van der Waals surface area contributed by atoms with Crippen molar-refractivity contribution in [2.45, 2.75) is 38.6 Å². The van der Waals surface area contributed by atoms with Crippen molar-refractivity contribution in [2.24, 2.45) is 17.8 Å². The van der Waals surface area contributed by atoms with Crippen LogP contribution in [0.15, 0.2) is 18.3 Å². The molecule has 4 heteroatoms. The van der Waals surface area contributed by atoms with Gasteiger partial charge in [0.25, 0.3) is 5.91 Å². The first-order valence-electron chi connectivity index (χ1n) is 7.06. The second-order valence-electron chi connectivity index (χ2n) is 5.94. The van der Waals surface area contributed by atoms with Gasteiger partial charge >= 0.3 is 0 Å². The maximum absolute atomic E-state index is 13.4. The van der Waals surface area contributed by atoms with Gasteiger partial charge in [-0.1, -0.05) is 6.42 Å². The molecule has 2 saturated carbocycles. The number of halogens is 1. The first kappa shape index (κ1) is 12.6. The van der Waals surface area contributed by atoms with Crippen LogP contribution in [0, 0.1) is 23.7 Å². The molecular formula is C15H19FN2O. The van der Waals surface area contributed by atoms with Crippen molar-refractivity contribution in [2.75, 3.05) is 0 Å². The highest BCUT2D eigenvalue weighted by Gasteiger charge is 2.42. The number of pyridine rings is 1. The minimum atomic E-state index is -0.694. The lowest BCUT2D eigenvalue weighted by Crippen LogP contribution is -2.40. The minimum Gasteiger partial charge on any atom is -0.349 e. The van der Waals surface area contributed by atoms with Gasteiger partial charge in [0.05, 0.1) is 5.56 Å². The van der Waals surface area contributed by atoms with Crippen LogP contribution in [0.3, 0.4) is 0 Å². The van der Waals surface area contributed by atoms with Gasteiger partial charge in [-0.05, 0) is 56.1 Å². The lowest BCUT2D eigenvalue weighted by atomic mass is 9.84. The molecule has 1 aromatic heterocycles. The number of fused-ring (bicyclic) bond motifs is 2. The number of nitrogens with one attached hydrogen (secondary N) is 1. The summed E-state index contributed by atoms with van der Waals surface area (Å²) in [5.74, 6) is 1.12. The van der Waals surface area contributed by atoms with Crippen LogP contribution in [0.4, 0.5) is 4.39 Å². The summed E-state index contributed by atoms with van der Waals surface area (Å²) in [7, 11) is 0. The number of rotatable bonds is 3. The molecule has 1 heterocycles. The van der Waals surface area contributed by atoms with E-state index in [0.29, 0.717) is 5.92 Å². The molecule has 0 radical (unpaired) electrons. The molecule has 4 unspecified atom stereocenters. The molecule has 102 valence electrons. The SMILES string of the molecule is CC(NC(=O)c1cccnc1F)C1CC2CCC1C2. The van der Waals surface area contributed by atoms with Crippen molar-refractivity contribution in [1.82, 2.24) is 10.3 Å². The third-order valence-corrected chi connectivity index (χ3v) is 4.80.